The van der Waals surface area contributed by atoms with Crippen LogP contribution in [0, 0.1) is 0 Å². The third-order valence-corrected chi connectivity index (χ3v) is 6.56. The van der Waals surface area contributed by atoms with Gasteiger partial charge in [-0.15, -0.1) is 0 Å². The van der Waals surface area contributed by atoms with Gasteiger partial charge in [0, 0.05) is 48.6 Å². The number of amides is 8. The van der Waals surface area contributed by atoms with Crippen molar-refractivity contribution in [1.29, 1.82) is 0 Å². The second kappa shape index (κ2) is 22.8. The van der Waals surface area contributed by atoms with Crippen LogP contribution < -0.4 is 0 Å². The first kappa shape index (κ1) is 42.3. The number of imide groups is 4. The maximum Gasteiger partial charge on any atom is 0.253 e. The second-order valence-electron chi connectivity index (χ2n) is 9.71. The van der Waals surface area contributed by atoms with E-state index >= 15 is 0 Å². The second-order valence-corrected chi connectivity index (χ2v) is 9.71. The largest absolute Gasteiger partial charge is 0.377 e. The minimum absolute atomic E-state index is 0. The minimum Gasteiger partial charge on any atom is -0.377 e. The van der Waals surface area contributed by atoms with Gasteiger partial charge >= 0.3 is 0 Å². The number of hydrogen-bond donors (Lipinski definition) is 0. The first-order valence-corrected chi connectivity index (χ1v) is 14.7. The van der Waals surface area contributed by atoms with Crippen molar-refractivity contribution in [3.05, 3.63) is 48.6 Å². The third-order valence-electron chi connectivity index (χ3n) is 6.56. The van der Waals surface area contributed by atoms with E-state index in [4.69, 9.17) is 23.7 Å². The van der Waals surface area contributed by atoms with Gasteiger partial charge in [0.05, 0.1) is 92.2 Å². The van der Waals surface area contributed by atoms with E-state index in [1.165, 1.54) is 48.6 Å². The van der Waals surface area contributed by atoms with Crippen molar-refractivity contribution in [2.75, 3.05) is 92.2 Å². The van der Waals surface area contributed by atoms with Crippen molar-refractivity contribution in [3.63, 3.8) is 0 Å². The molecule has 4 heterocycles. The van der Waals surface area contributed by atoms with E-state index in [1.807, 2.05) is 0 Å². The highest BCUT2D eigenvalue weighted by molar-refractivity contribution is 6.14. The van der Waals surface area contributed by atoms with Crippen molar-refractivity contribution in [2.45, 2.75) is 14.9 Å². The van der Waals surface area contributed by atoms with E-state index in [9.17, 15) is 38.4 Å². The summed E-state index contributed by atoms with van der Waals surface area (Å²) in [4.78, 5) is 94.5. The molecule has 0 aliphatic carbocycles. The lowest BCUT2D eigenvalue weighted by atomic mass is 10.5. The average molecular weight is 693 g/mol. The van der Waals surface area contributed by atoms with E-state index in [1.54, 1.807) is 0 Å². The molecule has 0 radical (unpaired) electrons. The van der Waals surface area contributed by atoms with Crippen molar-refractivity contribution >= 4 is 47.3 Å². The summed E-state index contributed by atoms with van der Waals surface area (Å²) in [5.41, 5.74) is 0. The number of nitrogens with zero attached hydrogens (tertiary/aromatic N) is 4. The Labute approximate surface area is 284 Å². The van der Waals surface area contributed by atoms with Crippen LogP contribution in [0.15, 0.2) is 48.6 Å². The monoisotopic (exact) mass is 692 g/mol. The molecular weight excluding hydrogens is 648 g/mol. The Morgan fingerprint density at radius 1 is 0.286 bits per heavy atom. The Bertz CT molecular complexity index is 1150. The van der Waals surface area contributed by atoms with Crippen LogP contribution in [0.4, 0.5) is 0 Å². The number of carbonyl (C=O) groups is 8. The third kappa shape index (κ3) is 14.1. The van der Waals surface area contributed by atoms with Gasteiger partial charge in [-0.3, -0.25) is 58.0 Å². The fraction of sp³-hybridized carbons (Fsp3) is 0.500. The summed E-state index contributed by atoms with van der Waals surface area (Å²) in [5, 5.41) is 0. The van der Waals surface area contributed by atoms with Gasteiger partial charge in [-0.2, -0.15) is 0 Å². The Kier molecular flexibility index (Phi) is 19.7. The molecule has 17 heteroatoms. The zero-order valence-corrected chi connectivity index (χ0v) is 25.6. The normalized spacial score (nSPS) is 16.4. The summed E-state index contributed by atoms with van der Waals surface area (Å²) in [6.07, 6.45) is 9.83. The Balaban J connectivity index is 0.000000474. The lowest BCUT2D eigenvalue weighted by Gasteiger charge is -2.14. The predicted octanol–water partition coefficient (Wildman–Crippen LogP) is -0.972. The average Bonchev–Trinajstić information content (AvgIpc) is 3.76. The van der Waals surface area contributed by atoms with E-state index < -0.39 is 0 Å². The highest BCUT2D eigenvalue weighted by atomic mass is 16.5. The number of ether oxygens (including phenoxy) is 5. The molecule has 0 aromatic carbocycles. The quantitative estimate of drug-likeness (QED) is 0.105. The molecule has 8 amide bonds. The molecule has 4 rings (SSSR count). The Morgan fingerprint density at radius 2 is 0.429 bits per heavy atom. The van der Waals surface area contributed by atoms with Crippen LogP contribution in [0.25, 0.3) is 0 Å². The molecule has 0 saturated carbocycles. The van der Waals surface area contributed by atoms with Gasteiger partial charge in [-0.25, -0.2) is 0 Å². The van der Waals surface area contributed by atoms with E-state index in [2.05, 4.69) is 0 Å². The summed E-state index contributed by atoms with van der Waals surface area (Å²) < 4.78 is 26.4. The van der Waals surface area contributed by atoms with Crippen LogP contribution in [0.5, 0.6) is 0 Å². The van der Waals surface area contributed by atoms with Gasteiger partial charge in [0.2, 0.25) is 0 Å². The molecule has 0 fully saturated rings. The fourth-order valence-corrected chi connectivity index (χ4v) is 4.09. The molecule has 4 aliphatic rings. The number of hydrogen-bond acceptors (Lipinski definition) is 13. The highest BCUT2D eigenvalue weighted by Gasteiger charge is 2.25. The van der Waals surface area contributed by atoms with Crippen molar-refractivity contribution in [3.8, 4) is 0 Å². The molecule has 270 valence electrons. The first-order chi connectivity index (χ1) is 22.7. The highest BCUT2D eigenvalue weighted by Crippen LogP contribution is 2.05. The Hall–Kier alpha value is -4.68. The van der Waals surface area contributed by atoms with Crippen LogP contribution in [-0.4, -0.2) is 159 Å². The topological polar surface area (TPSA) is 196 Å². The maximum atomic E-state index is 11.3. The Morgan fingerprint density at radius 3 is 0.592 bits per heavy atom. The zero-order chi connectivity index (χ0) is 34.0. The molecule has 0 aromatic heterocycles. The molecule has 0 saturated heterocycles. The summed E-state index contributed by atoms with van der Waals surface area (Å²) in [6.45, 7) is 3.80. The van der Waals surface area contributed by atoms with Gasteiger partial charge < -0.3 is 23.7 Å². The van der Waals surface area contributed by atoms with Gasteiger partial charge in [0.25, 0.3) is 47.3 Å². The predicted molar refractivity (Wildman–Crippen MR) is 171 cm³/mol. The van der Waals surface area contributed by atoms with Crippen molar-refractivity contribution < 1.29 is 62.0 Å². The minimum atomic E-state index is -0.335. The van der Waals surface area contributed by atoms with Gasteiger partial charge in [0.15, 0.2) is 0 Å². The summed E-state index contributed by atoms with van der Waals surface area (Å²) in [5.74, 6) is -2.64. The lowest BCUT2D eigenvalue weighted by molar-refractivity contribution is -0.139. The van der Waals surface area contributed by atoms with Crippen LogP contribution in [-0.2, 0) is 62.0 Å². The zero-order valence-electron chi connectivity index (χ0n) is 25.6. The van der Waals surface area contributed by atoms with Gasteiger partial charge in [-0.1, -0.05) is 14.9 Å². The molecule has 0 unspecified atom stereocenters. The van der Waals surface area contributed by atoms with Crippen molar-refractivity contribution in [2.24, 2.45) is 0 Å². The van der Waals surface area contributed by atoms with Crippen LogP contribution in [0.1, 0.15) is 14.9 Å². The van der Waals surface area contributed by atoms with Crippen LogP contribution >= 0.6 is 0 Å². The molecule has 4 aliphatic heterocycles. The van der Waals surface area contributed by atoms with Crippen LogP contribution in [0.3, 0.4) is 0 Å². The number of carbonyl (C=O) groups excluding carboxylic acids is 8. The molecular formula is C32H44N4O13. The molecule has 0 atom stereocenters. The molecule has 0 aromatic rings. The molecule has 0 bridgehead atoms. The first-order valence-electron chi connectivity index (χ1n) is 14.7. The lowest BCUT2D eigenvalue weighted by Crippen LogP contribution is -2.34. The molecule has 49 heavy (non-hydrogen) atoms. The summed E-state index contributed by atoms with van der Waals surface area (Å²) in [6, 6.07) is 0. The van der Waals surface area contributed by atoms with Crippen LogP contribution in [0.2, 0.25) is 0 Å². The molecule has 0 spiro atoms. The summed E-state index contributed by atoms with van der Waals surface area (Å²) >= 11 is 0. The smallest absolute Gasteiger partial charge is 0.253 e. The van der Waals surface area contributed by atoms with E-state index in [-0.39, 0.29) is 115 Å². The number of rotatable bonds is 21. The standard InChI is InChI=1S/C16H20N2O7.C14H16N2O6.2CH4/c19-13-1-2-14(20)17(13)5-7-23-9-11-25-12-10-24-8-6-18-15(21)3-4-16(18)22;17-11-1-2-12(18)15(11)5-7-21-9-10-22-8-6-16-13(19)3-4-14(16)20;;/h1-4H,5-12H2;1-4H,5-10H2;2*1H4. The maximum absolute atomic E-state index is 11.3. The van der Waals surface area contributed by atoms with Gasteiger partial charge in [-0.05, 0) is 0 Å². The SMILES string of the molecule is C.C.O=C1C=CC(=O)N1CCOCCOCCN1C(=O)C=CC1=O.O=C1C=CC(=O)N1CCOCCOCCOCCN1C(=O)C=CC1=O. The summed E-state index contributed by atoms with van der Waals surface area (Å²) in [7, 11) is 0. The van der Waals surface area contributed by atoms with Crippen molar-refractivity contribution in [1.82, 2.24) is 19.6 Å². The molecule has 0 N–H and O–H groups in total. The van der Waals surface area contributed by atoms with E-state index in [0.29, 0.717) is 39.6 Å². The molecule has 17 nitrogen and oxygen atoms in total. The fourth-order valence-electron chi connectivity index (χ4n) is 4.09. The van der Waals surface area contributed by atoms with Gasteiger partial charge in [0.1, 0.15) is 0 Å². The van der Waals surface area contributed by atoms with E-state index in [0.717, 1.165) is 19.6 Å².